The third-order valence-corrected chi connectivity index (χ3v) is 5.18. The lowest BCUT2D eigenvalue weighted by Crippen LogP contribution is -2.14. The first-order valence-electron chi connectivity index (χ1n) is 6.45. The molecule has 0 aromatic heterocycles. The molecule has 2 aromatic carbocycles. The Morgan fingerprint density at radius 1 is 1.29 bits per heavy atom. The second-order valence-electron chi connectivity index (χ2n) is 4.71. The van der Waals surface area contributed by atoms with Crippen LogP contribution in [0.5, 0.6) is 5.75 Å². The van der Waals surface area contributed by atoms with Gasteiger partial charge in [-0.25, -0.2) is 0 Å². The molecule has 0 radical (unpaired) electrons. The van der Waals surface area contributed by atoms with Gasteiger partial charge in [-0.2, -0.15) is 0 Å². The Kier molecular flexibility index (Phi) is 4.17. The van der Waals surface area contributed by atoms with Gasteiger partial charge in [0.25, 0.3) is 0 Å². The highest BCUT2D eigenvalue weighted by atomic mass is 79.9. The maximum atomic E-state index is 11.0. The summed E-state index contributed by atoms with van der Waals surface area (Å²) in [6.07, 6.45) is 0.930. The van der Waals surface area contributed by atoms with E-state index >= 15 is 0 Å². The molecule has 0 saturated carbocycles. The average Bonchev–Trinajstić information content (AvgIpc) is 2.88. The second kappa shape index (κ2) is 6.07. The number of ether oxygens (including phenoxy) is 1. The van der Waals surface area contributed by atoms with Crippen molar-refractivity contribution in [2.45, 2.75) is 16.6 Å². The van der Waals surface area contributed by atoms with Crippen LogP contribution in [0.15, 0.2) is 51.8 Å². The van der Waals surface area contributed by atoms with Crippen molar-refractivity contribution in [1.82, 2.24) is 0 Å². The monoisotopic (exact) mass is 365 g/mol. The minimum atomic E-state index is -0.420. The van der Waals surface area contributed by atoms with Gasteiger partial charge in [0, 0.05) is 16.2 Å². The fourth-order valence-corrected chi connectivity index (χ4v) is 4.00. The predicted octanol–water partition coefficient (Wildman–Crippen LogP) is 4.45. The number of hydrogen-bond donors (Lipinski definition) is 0. The number of nitro groups is 1. The number of benzene rings is 2. The maximum absolute atomic E-state index is 11.0. The molecule has 0 aliphatic carbocycles. The van der Waals surface area contributed by atoms with Gasteiger partial charge in [0.2, 0.25) is 5.75 Å². The predicted molar refractivity (Wildman–Crippen MR) is 86.1 cm³/mol. The van der Waals surface area contributed by atoms with Gasteiger partial charge in [0.1, 0.15) is 6.61 Å². The minimum absolute atomic E-state index is 0.00936. The lowest BCUT2D eigenvalue weighted by atomic mass is 10.1. The number of thioether (sulfide) groups is 1. The summed E-state index contributed by atoms with van der Waals surface area (Å²) in [6, 6.07) is 13.1. The van der Waals surface area contributed by atoms with Gasteiger partial charge >= 0.3 is 5.69 Å². The molecule has 0 amide bonds. The number of fused-ring (bicyclic) bond motifs is 1. The van der Waals surface area contributed by atoms with Crippen LogP contribution in [-0.4, -0.2) is 16.8 Å². The third kappa shape index (κ3) is 3.06. The number of nitro benzene ring substituents is 1. The molecular formula is C15H12BrNO3S. The van der Waals surface area contributed by atoms with E-state index in [-0.39, 0.29) is 10.9 Å². The molecule has 3 rings (SSSR count). The van der Waals surface area contributed by atoms with Crippen LogP contribution in [0.1, 0.15) is 5.56 Å². The van der Waals surface area contributed by atoms with Gasteiger partial charge < -0.3 is 4.74 Å². The van der Waals surface area contributed by atoms with Crippen LogP contribution in [-0.2, 0) is 6.42 Å². The smallest absolute Gasteiger partial charge is 0.312 e. The Morgan fingerprint density at radius 2 is 2.10 bits per heavy atom. The summed E-state index contributed by atoms with van der Waals surface area (Å²) in [5, 5.41) is 11.3. The molecule has 108 valence electrons. The number of rotatable bonds is 4. The van der Waals surface area contributed by atoms with E-state index in [4.69, 9.17) is 4.74 Å². The van der Waals surface area contributed by atoms with E-state index in [1.807, 2.05) is 12.1 Å². The van der Waals surface area contributed by atoms with E-state index in [0.29, 0.717) is 16.8 Å². The molecule has 0 bridgehead atoms. The molecule has 1 unspecified atom stereocenters. The molecule has 0 N–H and O–H groups in total. The SMILES string of the molecule is O=[N+]([O-])c1cccc(Br)c1OCC1Cc2ccccc2S1. The Bertz CT molecular complexity index is 667. The molecule has 1 aliphatic rings. The molecule has 1 aliphatic heterocycles. The molecule has 1 atom stereocenters. The van der Waals surface area contributed by atoms with Crippen LogP contribution in [0.4, 0.5) is 5.69 Å². The normalized spacial score (nSPS) is 16.5. The second-order valence-corrected chi connectivity index (χ2v) is 6.90. The van der Waals surface area contributed by atoms with E-state index in [9.17, 15) is 10.1 Å². The third-order valence-electron chi connectivity index (χ3n) is 3.27. The van der Waals surface area contributed by atoms with E-state index in [1.54, 1.807) is 23.9 Å². The lowest BCUT2D eigenvalue weighted by Gasteiger charge is -2.12. The standard InChI is InChI=1S/C15H12BrNO3S/c16-12-5-3-6-13(17(18)19)15(12)20-9-11-8-10-4-1-2-7-14(10)21-11/h1-7,11H,8-9H2. The first kappa shape index (κ1) is 14.4. The van der Waals surface area contributed by atoms with Gasteiger partial charge in [-0.1, -0.05) is 24.3 Å². The molecule has 0 saturated heterocycles. The number of halogens is 1. The van der Waals surface area contributed by atoms with Crippen molar-refractivity contribution in [3.8, 4) is 5.75 Å². The van der Waals surface area contributed by atoms with Crippen molar-refractivity contribution < 1.29 is 9.66 Å². The van der Waals surface area contributed by atoms with Crippen molar-refractivity contribution in [3.63, 3.8) is 0 Å². The van der Waals surface area contributed by atoms with Crippen LogP contribution in [0, 0.1) is 10.1 Å². The quantitative estimate of drug-likeness (QED) is 0.593. The summed E-state index contributed by atoms with van der Waals surface area (Å²) in [5.41, 5.74) is 1.31. The highest BCUT2D eigenvalue weighted by molar-refractivity contribution is 9.10. The lowest BCUT2D eigenvalue weighted by molar-refractivity contribution is -0.385. The summed E-state index contributed by atoms with van der Waals surface area (Å²) >= 11 is 5.08. The van der Waals surface area contributed by atoms with Crippen LogP contribution in [0.2, 0.25) is 0 Å². The molecule has 0 fully saturated rings. The van der Waals surface area contributed by atoms with Crippen molar-refractivity contribution in [2.24, 2.45) is 0 Å². The zero-order valence-electron chi connectivity index (χ0n) is 11.0. The van der Waals surface area contributed by atoms with E-state index in [2.05, 4.69) is 28.1 Å². The topological polar surface area (TPSA) is 52.4 Å². The number of nitrogens with zero attached hydrogens (tertiary/aromatic N) is 1. The van der Waals surface area contributed by atoms with Gasteiger partial charge in [-0.05, 0) is 40.0 Å². The van der Waals surface area contributed by atoms with Gasteiger partial charge in [0.05, 0.1) is 9.40 Å². The Labute approximate surface area is 134 Å². The van der Waals surface area contributed by atoms with Crippen LogP contribution in [0.3, 0.4) is 0 Å². The fourth-order valence-electron chi connectivity index (χ4n) is 2.31. The van der Waals surface area contributed by atoms with Crippen molar-refractivity contribution in [2.75, 3.05) is 6.61 Å². The van der Waals surface area contributed by atoms with Gasteiger partial charge in [-0.15, -0.1) is 11.8 Å². The summed E-state index contributed by atoms with van der Waals surface area (Å²) < 4.78 is 6.34. The summed E-state index contributed by atoms with van der Waals surface area (Å²) in [7, 11) is 0. The Morgan fingerprint density at radius 3 is 2.86 bits per heavy atom. The maximum Gasteiger partial charge on any atom is 0.312 e. The molecule has 4 nitrogen and oxygen atoms in total. The summed E-state index contributed by atoms with van der Waals surface area (Å²) in [5.74, 6) is 0.305. The minimum Gasteiger partial charge on any atom is -0.485 e. The molecule has 1 heterocycles. The van der Waals surface area contributed by atoms with Gasteiger partial charge in [-0.3, -0.25) is 10.1 Å². The average molecular weight is 366 g/mol. The van der Waals surface area contributed by atoms with Crippen molar-refractivity contribution in [3.05, 3.63) is 62.6 Å². The van der Waals surface area contributed by atoms with Gasteiger partial charge in [0.15, 0.2) is 0 Å². The van der Waals surface area contributed by atoms with Crippen LogP contribution < -0.4 is 4.74 Å². The number of para-hydroxylation sites is 1. The van der Waals surface area contributed by atoms with E-state index < -0.39 is 4.92 Å². The van der Waals surface area contributed by atoms with Crippen LogP contribution in [0.25, 0.3) is 0 Å². The molecule has 21 heavy (non-hydrogen) atoms. The number of hydrogen-bond acceptors (Lipinski definition) is 4. The highest BCUT2D eigenvalue weighted by Gasteiger charge is 2.24. The van der Waals surface area contributed by atoms with Crippen molar-refractivity contribution >= 4 is 33.4 Å². The fraction of sp³-hybridized carbons (Fsp3) is 0.200. The molecule has 6 heteroatoms. The Balaban J connectivity index is 1.71. The zero-order valence-corrected chi connectivity index (χ0v) is 13.4. The Hall–Kier alpha value is -1.53. The highest BCUT2D eigenvalue weighted by Crippen LogP contribution is 2.39. The molecule has 0 spiro atoms. The summed E-state index contributed by atoms with van der Waals surface area (Å²) in [4.78, 5) is 11.9. The first-order chi connectivity index (χ1) is 10.1. The van der Waals surface area contributed by atoms with E-state index in [0.717, 1.165) is 6.42 Å². The zero-order chi connectivity index (χ0) is 14.8. The molecular weight excluding hydrogens is 354 g/mol. The molecule has 2 aromatic rings. The van der Waals surface area contributed by atoms with E-state index in [1.165, 1.54) is 16.5 Å². The first-order valence-corrected chi connectivity index (χ1v) is 8.12. The largest absolute Gasteiger partial charge is 0.485 e. The van der Waals surface area contributed by atoms with Crippen LogP contribution >= 0.6 is 27.7 Å². The van der Waals surface area contributed by atoms with Crippen molar-refractivity contribution in [1.29, 1.82) is 0 Å². The summed E-state index contributed by atoms with van der Waals surface area (Å²) in [6.45, 7) is 0.447.